The van der Waals surface area contributed by atoms with Crippen molar-refractivity contribution in [1.29, 1.82) is 0 Å². The molecule has 0 radical (unpaired) electrons. The molecule has 1 aromatic heterocycles. The molecule has 2 saturated carbocycles. The van der Waals surface area contributed by atoms with E-state index in [2.05, 4.69) is 0 Å². The maximum absolute atomic E-state index is 13.6. The van der Waals surface area contributed by atoms with Crippen LogP contribution in [0.5, 0.6) is 0 Å². The SMILES string of the molecule is COC(=O)[C@@]12O[C@@H]1CC[C@H]1[C@]3(C)C[C@@H](c4ccoc4)OC(=O)[C@@H]3C[C@H](O[C@@H]3O[C@H](CO)[C@@H](O)[C@H](O)[C@H]3O)[C@]12C. The molecule has 2 aliphatic carbocycles. The minimum absolute atomic E-state index is 0.129. The van der Waals surface area contributed by atoms with Crippen LogP contribution in [-0.2, 0) is 33.3 Å². The van der Waals surface area contributed by atoms with E-state index in [1.165, 1.54) is 13.4 Å². The van der Waals surface area contributed by atoms with E-state index in [-0.39, 0.29) is 12.3 Å². The lowest BCUT2D eigenvalue weighted by Gasteiger charge is -2.63. The number of hydrogen-bond acceptors (Lipinski definition) is 12. The van der Waals surface area contributed by atoms with Crippen LogP contribution in [0.3, 0.4) is 0 Å². The van der Waals surface area contributed by atoms with Gasteiger partial charge in [-0.1, -0.05) is 13.8 Å². The Balaban J connectivity index is 1.40. The second-order valence-corrected chi connectivity index (χ2v) is 12.0. The monoisotopic (exact) mass is 552 g/mol. The number of ether oxygens (including phenoxy) is 5. The highest BCUT2D eigenvalue weighted by atomic mass is 16.7. The molecule has 0 spiro atoms. The molecule has 4 N–H and O–H groups in total. The number of furan rings is 1. The minimum Gasteiger partial charge on any atom is -0.472 e. The maximum Gasteiger partial charge on any atom is 0.341 e. The summed E-state index contributed by atoms with van der Waals surface area (Å²) in [7, 11) is 1.30. The highest BCUT2D eigenvalue weighted by Crippen LogP contribution is 2.72. The highest BCUT2D eigenvalue weighted by Gasteiger charge is 2.82. The second kappa shape index (κ2) is 9.23. The number of fused-ring (bicyclic) bond motifs is 5. The van der Waals surface area contributed by atoms with Gasteiger partial charge in [-0.3, -0.25) is 4.79 Å². The van der Waals surface area contributed by atoms with Crippen molar-refractivity contribution in [1.82, 2.24) is 0 Å². The number of epoxide rings is 1. The number of aliphatic hydroxyl groups excluding tert-OH is 4. The smallest absolute Gasteiger partial charge is 0.341 e. The molecule has 1 aromatic rings. The first-order valence-corrected chi connectivity index (χ1v) is 13.5. The molecule has 6 rings (SSSR count). The predicted molar refractivity (Wildman–Crippen MR) is 127 cm³/mol. The largest absolute Gasteiger partial charge is 0.472 e. The molecule has 39 heavy (non-hydrogen) atoms. The Hall–Kier alpha value is -2.06. The van der Waals surface area contributed by atoms with Crippen LogP contribution in [0.4, 0.5) is 0 Å². The van der Waals surface area contributed by atoms with Crippen molar-refractivity contribution in [2.24, 2.45) is 22.7 Å². The Morgan fingerprint density at radius 1 is 1.15 bits per heavy atom. The molecule has 5 aliphatic rings. The van der Waals surface area contributed by atoms with Gasteiger partial charge in [0, 0.05) is 11.0 Å². The lowest BCUT2D eigenvalue weighted by atomic mass is 9.42. The molecule has 13 atom stereocenters. The molecule has 0 amide bonds. The van der Waals surface area contributed by atoms with Gasteiger partial charge in [-0.2, -0.15) is 0 Å². The van der Waals surface area contributed by atoms with E-state index in [0.717, 1.165) is 5.56 Å². The van der Waals surface area contributed by atoms with Crippen LogP contribution in [0.2, 0.25) is 0 Å². The van der Waals surface area contributed by atoms with Crippen molar-refractivity contribution in [3.05, 3.63) is 24.2 Å². The van der Waals surface area contributed by atoms with Crippen LogP contribution < -0.4 is 0 Å². The van der Waals surface area contributed by atoms with Crippen LogP contribution in [0, 0.1) is 22.7 Å². The van der Waals surface area contributed by atoms with E-state index < -0.39 is 89.9 Å². The quantitative estimate of drug-likeness (QED) is 0.289. The zero-order valence-electron chi connectivity index (χ0n) is 22.1. The summed E-state index contributed by atoms with van der Waals surface area (Å²) in [6.45, 7) is 3.33. The summed E-state index contributed by atoms with van der Waals surface area (Å²) in [6.07, 6.45) is -4.28. The fourth-order valence-electron chi connectivity index (χ4n) is 8.30. The Morgan fingerprint density at radius 3 is 2.59 bits per heavy atom. The second-order valence-electron chi connectivity index (χ2n) is 12.0. The Labute approximate surface area is 225 Å². The highest BCUT2D eigenvalue weighted by molar-refractivity contribution is 5.85. The van der Waals surface area contributed by atoms with Crippen LogP contribution in [-0.4, -0.2) is 94.6 Å². The number of methoxy groups -OCH3 is 1. The number of carbonyl (C=O) groups excluding carboxylic acids is 2. The summed E-state index contributed by atoms with van der Waals surface area (Å²) in [5.41, 5.74) is -2.21. The van der Waals surface area contributed by atoms with Gasteiger partial charge in [0.15, 0.2) is 11.9 Å². The van der Waals surface area contributed by atoms with Gasteiger partial charge >= 0.3 is 11.9 Å². The van der Waals surface area contributed by atoms with Crippen molar-refractivity contribution >= 4 is 11.9 Å². The van der Waals surface area contributed by atoms with Crippen molar-refractivity contribution in [3.8, 4) is 0 Å². The summed E-state index contributed by atoms with van der Waals surface area (Å²) >= 11 is 0. The van der Waals surface area contributed by atoms with E-state index in [0.29, 0.717) is 19.3 Å². The number of carbonyl (C=O) groups is 2. The first kappa shape index (κ1) is 27.1. The average molecular weight is 553 g/mol. The van der Waals surface area contributed by atoms with E-state index in [4.69, 9.17) is 28.1 Å². The van der Waals surface area contributed by atoms with Gasteiger partial charge in [0.2, 0.25) is 0 Å². The van der Waals surface area contributed by atoms with Crippen molar-refractivity contribution in [3.63, 3.8) is 0 Å². The van der Waals surface area contributed by atoms with Crippen LogP contribution >= 0.6 is 0 Å². The molecule has 0 aromatic carbocycles. The number of esters is 2. The van der Waals surface area contributed by atoms with Gasteiger partial charge in [0.25, 0.3) is 0 Å². The van der Waals surface area contributed by atoms with Crippen molar-refractivity contribution in [2.45, 2.75) is 94.1 Å². The topological polar surface area (TPSA) is 178 Å². The zero-order chi connectivity index (χ0) is 27.9. The van der Waals surface area contributed by atoms with Crippen LogP contribution in [0.1, 0.15) is 51.2 Å². The van der Waals surface area contributed by atoms with E-state index in [1.54, 1.807) is 12.3 Å². The molecule has 4 heterocycles. The van der Waals surface area contributed by atoms with Gasteiger partial charge in [-0.15, -0.1) is 0 Å². The van der Waals surface area contributed by atoms with Gasteiger partial charge < -0.3 is 48.5 Å². The minimum atomic E-state index is -1.64. The van der Waals surface area contributed by atoms with Gasteiger partial charge in [0.1, 0.15) is 30.5 Å². The van der Waals surface area contributed by atoms with Crippen LogP contribution in [0.25, 0.3) is 0 Å². The van der Waals surface area contributed by atoms with Gasteiger partial charge in [0.05, 0.1) is 44.4 Å². The maximum atomic E-state index is 13.6. The van der Waals surface area contributed by atoms with E-state index in [1.807, 2.05) is 13.8 Å². The fraction of sp³-hybridized carbons (Fsp3) is 0.778. The summed E-state index contributed by atoms with van der Waals surface area (Å²) in [5.74, 6) is -1.79. The van der Waals surface area contributed by atoms with Gasteiger partial charge in [-0.05, 0) is 43.1 Å². The molecule has 12 heteroatoms. The fourth-order valence-corrected chi connectivity index (χ4v) is 8.30. The summed E-state index contributed by atoms with van der Waals surface area (Å²) < 4.78 is 34.5. The lowest BCUT2D eigenvalue weighted by molar-refractivity contribution is -0.336. The molecule has 5 fully saturated rings. The van der Waals surface area contributed by atoms with E-state index >= 15 is 0 Å². The molecule has 0 bridgehead atoms. The lowest BCUT2D eigenvalue weighted by Crippen LogP contribution is -2.69. The third-order valence-electron chi connectivity index (χ3n) is 10.4. The first-order chi connectivity index (χ1) is 18.5. The molecule has 3 saturated heterocycles. The van der Waals surface area contributed by atoms with Gasteiger partial charge in [-0.25, -0.2) is 4.79 Å². The molecule has 12 nitrogen and oxygen atoms in total. The van der Waals surface area contributed by atoms with E-state index in [9.17, 15) is 30.0 Å². The third-order valence-corrected chi connectivity index (χ3v) is 10.4. The van der Waals surface area contributed by atoms with Crippen LogP contribution in [0.15, 0.2) is 23.0 Å². The molecular formula is C27H36O12. The zero-order valence-corrected chi connectivity index (χ0v) is 22.1. The first-order valence-electron chi connectivity index (χ1n) is 13.5. The summed E-state index contributed by atoms with van der Waals surface area (Å²) in [4.78, 5) is 26.9. The summed E-state index contributed by atoms with van der Waals surface area (Å²) in [5, 5.41) is 41.0. The number of aliphatic hydroxyl groups is 4. The average Bonchev–Trinajstić information content (AvgIpc) is 3.43. The molecule has 216 valence electrons. The van der Waals surface area contributed by atoms with Crippen molar-refractivity contribution in [2.75, 3.05) is 13.7 Å². The Kier molecular flexibility index (Phi) is 6.42. The standard InChI is InChI=1S/C27H36O12/c1-25-9-14(12-6-7-35-11-12)36-22(32)13(25)8-18(38-23-21(31)20(30)19(29)15(10-28)37-23)26(2)16(25)4-5-17-27(26,39-17)24(33)34-3/h6-7,11,13-21,23,28-31H,4-5,8-10H2,1-3H3/t13-,14-,15+,16-,17+,18-,19+,20-,21+,23-,25+,26-,27-/m0/s1. The normalized spacial score (nSPS) is 50.7. The predicted octanol–water partition coefficient (Wildman–Crippen LogP) is 0.206. The molecular weight excluding hydrogens is 516 g/mol. The van der Waals surface area contributed by atoms with Crippen molar-refractivity contribution < 1.29 is 58.1 Å². The number of hydrogen-bond donors (Lipinski definition) is 4. The third kappa shape index (κ3) is 3.62. The number of rotatable bonds is 5. The molecule has 3 aliphatic heterocycles. The Morgan fingerprint density at radius 2 is 1.92 bits per heavy atom. The Bertz CT molecular complexity index is 1110. The molecule has 0 unspecified atom stereocenters. The summed E-state index contributed by atoms with van der Waals surface area (Å²) in [6, 6.07) is 1.77. The number of cyclic esters (lactones) is 1.